The Labute approximate surface area is 256 Å². The molecule has 5 rings (SSSR count). The fraction of sp³-hybridized carbons (Fsp3) is 0.452. The van der Waals surface area contributed by atoms with Gasteiger partial charge in [0, 0.05) is 17.9 Å². The number of rotatable bonds is 5. The molecule has 2 unspecified atom stereocenters. The molecule has 0 bridgehead atoms. The van der Waals surface area contributed by atoms with Crippen LogP contribution in [0.2, 0.25) is 0 Å². The number of carbonyl (C=O) groups is 3. The third kappa shape index (κ3) is 7.71. The average Bonchev–Trinajstić information content (AvgIpc) is 3.70. The molecule has 3 aliphatic rings. The first kappa shape index (κ1) is 33.2. The molecule has 2 amide bonds. The summed E-state index contributed by atoms with van der Waals surface area (Å²) >= 11 is 0. The van der Waals surface area contributed by atoms with E-state index >= 15 is 0 Å². The van der Waals surface area contributed by atoms with E-state index in [4.69, 9.17) is 20.4 Å². The number of fused-ring (bicyclic) bond motifs is 1. The number of guanidine groups is 1. The molecule has 240 valence electrons. The zero-order valence-electron chi connectivity index (χ0n) is 25.0. The molecule has 45 heavy (non-hydrogen) atoms. The molecular formula is C31H33F4N5O5. The normalized spacial score (nSPS) is 23.5. The maximum atomic E-state index is 14.1. The Morgan fingerprint density at radius 1 is 1.20 bits per heavy atom. The minimum Gasteiger partial charge on any atom is -0.487 e. The van der Waals surface area contributed by atoms with E-state index in [-0.39, 0.29) is 36.0 Å². The highest BCUT2D eigenvalue weighted by Gasteiger charge is 2.53. The molecular weight excluding hydrogens is 598 g/mol. The van der Waals surface area contributed by atoms with Gasteiger partial charge in [0.25, 0.3) is 0 Å². The first-order valence-corrected chi connectivity index (χ1v) is 14.1. The lowest BCUT2D eigenvalue weighted by Crippen LogP contribution is -2.52. The Morgan fingerprint density at radius 3 is 2.47 bits per heavy atom. The van der Waals surface area contributed by atoms with Crippen molar-refractivity contribution in [1.29, 1.82) is 5.26 Å². The van der Waals surface area contributed by atoms with Crippen LogP contribution in [-0.2, 0) is 14.4 Å². The number of benzene rings is 2. The van der Waals surface area contributed by atoms with Crippen LogP contribution in [0.15, 0.2) is 47.5 Å². The van der Waals surface area contributed by atoms with Crippen LogP contribution in [0.5, 0.6) is 5.75 Å². The summed E-state index contributed by atoms with van der Waals surface area (Å²) in [4.78, 5) is 41.8. The number of ether oxygens (including phenoxy) is 1. The van der Waals surface area contributed by atoms with Crippen LogP contribution >= 0.6 is 0 Å². The largest absolute Gasteiger partial charge is 0.490 e. The molecule has 14 heteroatoms. The summed E-state index contributed by atoms with van der Waals surface area (Å²) in [6.45, 7) is 7.57. The molecule has 1 fully saturated rings. The molecule has 4 atom stereocenters. The van der Waals surface area contributed by atoms with Gasteiger partial charge in [-0.15, -0.1) is 0 Å². The number of nitrogens with one attached hydrogen (secondary N) is 1. The van der Waals surface area contributed by atoms with E-state index in [2.05, 4.69) is 16.4 Å². The summed E-state index contributed by atoms with van der Waals surface area (Å²) in [6.07, 6.45) is -3.87. The molecule has 2 heterocycles. The van der Waals surface area contributed by atoms with Gasteiger partial charge >= 0.3 is 12.1 Å². The summed E-state index contributed by atoms with van der Waals surface area (Å²) in [5.41, 5.74) is 6.97. The molecule has 4 N–H and O–H groups in total. The number of halogens is 4. The fourth-order valence-electron chi connectivity index (χ4n) is 5.76. The van der Waals surface area contributed by atoms with Crippen LogP contribution in [0.1, 0.15) is 75.7 Å². The molecule has 10 nitrogen and oxygen atoms in total. The predicted molar refractivity (Wildman–Crippen MR) is 153 cm³/mol. The number of carboxylic acid groups (broad SMARTS) is 1. The van der Waals surface area contributed by atoms with Crippen molar-refractivity contribution in [3.05, 3.63) is 65.0 Å². The van der Waals surface area contributed by atoms with Gasteiger partial charge in [0.1, 0.15) is 17.2 Å². The van der Waals surface area contributed by atoms with Crippen LogP contribution in [0.4, 0.5) is 17.6 Å². The summed E-state index contributed by atoms with van der Waals surface area (Å²) in [7, 11) is 0. The van der Waals surface area contributed by atoms with Crippen molar-refractivity contribution in [2.45, 2.75) is 76.4 Å². The van der Waals surface area contributed by atoms with Crippen LogP contribution < -0.4 is 15.8 Å². The molecule has 2 aromatic carbocycles. The zero-order chi connectivity index (χ0) is 33.5. The number of aliphatic imine (C=N–C) groups is 1. The number of aliphatic carboxylic acids is 1. The van der Waals surface area contributed by atoms with E-state index in [1.54, 1.807) is 24.3 Å². The molecule has 0 radical (unpaired) electrons. The van der Waals surface area contributed by atoms with Crippen LogP contribution in [0.3, 0.4) is 0 Å². The first-order valence-electron chi connectivity index (χ1n) is 14.1. The summed E-state index contributed by atoms with van der Waals surface area (Å²) < 4.78 is 51.8. The smallest absolute Gasteiger partial charge is 0.487 e. The molecule has 0 saturated heterocycles. The molecule has 0 aromatic heterocycles. The summed E-state index contributed by atoms with van der Waals surface area (Å²) in [6, 6.07) is 12.6. The number of amides is 2. The maximum Gasteiger partial charge on any atom is 0.490 e. The highest BCUT2D eigenvalue weighted by molar-refractivity contribution is 5.99. The van der Waals surface area contributed by atoms with Gasteiger partial charge in [-0.3, -0.25) is 14.5 Å². The Bertz CT molecular complexity index is 1580. The Morgan fingerprint density at radius 2 is 1.87 bits per heavy atom. The summed E-state index contributed by atoms with van der Waals surface area (Å²) in [5.74, 6) is -3.43. The zero-order valence-corrected chi connectivity index (χ0v) is 25.0. The molecule has 2 aliphatic heterocycles. The van der Waals surface area contributed by atoms with Gasteiger partial charge in [-0.2, -0.15) is 18.4 Å². The minimum absolute atomic E-state index is 0.111. The highest BCUT2D eigenvalue weighted by Crippen LogP contribution is 2.52. The number of nitrogens with zero attached hydrogens (tertiary/aromatic N) is 3. The molecule has 0 spiro atoms. The second-order valence-corrected chi connectivity index (χ2v) is 12.5. The maximum absolute atomic E-state index is 14.1. The van der Waals surface area contributed by atoms with Crippen LogP contribution in [-0.4, -0.2) is 51.1 Å². The van der Waals surface area contributed by atoms with Gasteiger partial charge in [-0.1, -0.05) is 12.1 Å². The lowest BCUT2D eigenvalue weighted by molar-refractivity contribution is -0.192. The van der Waals surface area contributed by atoms with E-state index in [1.807, 2.05) is 33.8 Å². The van der Waals surface area contributed by atoms with E-state index in [0.717, 1.165) is 5.56 Å². The molecule has 1 aliphatic carbocycles. The number of alkyl halides is 3. The standard InChI is InChI=1S/C29H32FN5O3.C2HF3O2/c1-28(2)14-24(36)35(27(32)34-28)25(17-7-5-6-16(10-17)15-31)19-12-20(19)26(37)33-22-13-29(3,4)38-23-9-8-18(30)11-21(22)23;3-2(4,5)1(6)7/h5-11,19-20,22,25H,12-14H2,1-4H3,(H2,32,34)(H,33,37);(H,6,7)/t19-,20-,22?,25?;/m1./s1. The van der Waals surface area contributed by atoms with Crippen LogP contribution in [0.25, 0.3) is 0 Å². The van der Waals surface area contributed by atoms with Gasteiger partial charge in [0.05, 0.1) is 35.7 Å². The Hall–Kier alpha value is -4.67. The van der Waals surface area contributed by atoms with Crippen molar-refractivity contribution in [3.63, 3.8) is 0 Å². The van der Waals surface area contributed by atoms with Crippen LogP contribution in [0, 0.1) is 29.0 Å². The van der Waals surface area contributed by atoms with E-state index in [1.165, 1.54) is 17.0 Å². The monoisotopic (exact) mass is 631 g/mol. The number of nitrogens with two attached hydrogens (primary N) is 1. The second kappa shape index (κ2) is 12.0. The van der Waals surface area contributed by atoms with E-state index in [0.29, 0.717) is 29.7 Å². The van der Waals surface area contributed by atoms with E-state index < -0.39 is 41.2 Å². The number of nitriles is 1. The first-order chi connectivity index (χ1) is 20.8. The SMILES string of the molecule is CC1(C)CC(=O)N(C(c2cccc(C#N)c2)[C@@H]2C[C@H]2C(=O)NC2CC(C)(C)Oc3ccc(F)cc32)C(N)=N1.O=C(O)C(F)(F)F. The number of hydrogen-bond donors (Lipinski definition) is 3. The molecule has 1 saturated carbocycles. The van der Waals surface area contributed by atoms with Crippen molar-refractivity contribution < 1.29 is 41.8 Å². The highest BCUT2D eigenvalue weighted by atomic mass is 19.4. The number of hydrogen-bond acceptors (Lipinski definition) is 7. The average molecular weight is 632 g/mol. The lowest BCUT2D eigenvalue weighted by Gasteiger charge is -2.39. The second-order valence-electron chi connectivity index (χ2n) is 12.5. The third-order valence-corrected chi connectivity index (χ3v) is 7.72. The van der Waals surface area contributed by atoms with Crippen molar-refractivity contribution >= 4 is 23.7 Å². The minimum atomic E-state index is -5.08. The lowest BCUT2D eigenvalue weighted by atomic mass is 9.89. The number of carboxylic acids is 1. The van der Waals surface area contributed by atoms with Gasteiger partial charge in [0.2, 0.25) is 11.8 Å². The quantitative estimate of drug-likeness (QED) is 0.402. The van der Waals surface area contributed by atoms with Crippen molar-refractivity contribution in [2.75, 3.05) is 0 Å². The summed E-state index contributed by atoms with van der Waals surface area (Å²) in [5, 5.41) is 19.7. The van der Waals surface area contributed by atoms with Crippen molar-refractivity contribution in [3.8, 4) is 11.8 Å². The van der Waals surface area contributed by atoms with Crippen molar-refractivity contribution in [2.24, 2.45) is 22.6 Å². The Kier molecular flexibility index (Phi) is 8.88. The fourth-order valence-corrected chi connectivity index (χ4v) is 5.76. The van der Waals surface area contributed by atoms with Gasteiger partial charge in [-0.25, -0.2) is 14.2 Å². The topological polar surface area (TPSA) is 158 Å². The third-order valence-electron chi connectivity index (χ3n) is 7.72. The molecule has 2 aromatic rings. The van der Waals surface area contributed by atoms with Gasteiger partial charge < -0.3 is 20.9 Å². The van der Waals surface area contributed by atoms with Gasteiger partial charge in [-0.05, 0) is 75.9 Å². The Balaban J connectivity index is 0.000000591. The number of carbonyl (C=O) groups excluding carboxylic acids is 2. The predicted octanol–water partition coefficient (Wildman–Crippen LogP) is 4.75. The van der Waals surface area contributed by atoms with E-state index in [9.17, 15) is 32.4 Å². The van der Waals surface area contributed by atoms with Crippen molar-refractivity contribution in [1.82, 2.24) is 10.2 Å². The van der Waals surface area contributed by atoms with Gasteiger partial charge in [0.15, 0.2) is 5.96 Å².